The molecular formula is C17H19NO. The van der Waals surface area contributed by atoms with Crippen molar-refractivity contribution in [1.82, 2.24) is 4.57 Å². The van der Waals surface area contributed by atoms with E-state index in [1.165, 1.54) is 31.2 Å². The van der Waals surface area contributed by atoms with Gasteiger partial charge in [-0.3, -0.25) is 4.79 Å². The summed E-state index contributed by atoms with van der Waals surface area (Å²) in [6, 6.07) is 8.11. The predicted octanol–water partition coefficient (Wildman–Crippen LogP) is 3.89. The first-order valence-electron chi connectivity index (χ1n) is 7.38. The Labute approximate surface area is 113 Å². The van der Waals surface area contributed by atoms with Crippen molar-refractivity contribution in [3.63, 3.8) is 0 Å². The largest absolute Gasteiger partial charge is 0.347 e. The molecule has 98 valence electrons. The van der Waals surface area contributed by atoms with E-state index in [-0.39, 0.29) is 0 Å². The smallest absolute Gasteiger partial charge is 0.150 e. The van der Waals surface area contributed by atoms with E-state index < -0.39 is 0 Å². The van der Waals surface area contributed by atoms with Gasteiger partial charge in [-0.15, -0.1) is 0 Å². The second-order valence-electron chi connectivity index (χ2n) is 6.30. The first-order valence-corrected chi connectivity index (χ1v) is 7.38. The first-order chi connectivity index (χ1) is 9.35. The number of fused-ring (bicyclic) bond motifs is 3. The molecule has 1 heterocycles. The topological polar surface area (TPSA) is 22.0 Å². The molecule has 0 spiro atoms. The SMILES string of the molecule is O=Cc1cccc2c1ccn2CC1CC2CCC1C2. The van der Waals surface area contributed by atoms with Crippen LogP contribution in [0, 0.1) is 17.8 Å². The third-order valence-electron chi connectivity index (χ3n) is 5.29. The molecule has 0 N–H and O–H groups in total. The second-order valence-corrected chi connectivity index (χ2v) is 6.30. The van der Waals surface area contributed by atoms with Crippen LogP contribution in [0.15, 0.2) is 30.5 Å². The van der Waals surface area contributed by atoms with Gasteiger partial charge in [0, 0.05) is 29.2 Å². The summed E-state index contributed by atoms with van der Waals surface area (Å²) in [6.07, 6.45) is 8.89. The van der Waals surface area contributed by atoms with E-state index in [4.69, 9.17) is 0 Å². The number of aldehydes is 1. The van der Waals surface area contributed by atoms with Gasteiger partial charge < -0.3 is 4.57 Å². The van der Waals surface area contributed by atoms with Crippen LogP contribution in [-0.4, -0.2) is 10.9 Å². The number of rotatable bonds is 3. The second kappa shape index (κ2) is 4.22. The Kier molecular flexibility index (Phi) is 2.51. The van der Waals surface area contributed by atoms with Crippen molar-refractivity contribution in [1.29, 1.82) is 0 Å². The molecular weight excluding hydrogens is 234 g/mol. The van der Waals surface area contributed by atoms with Crippen LogP contribution in [0.4, 0.5) is 0 Å². The summed E-state index contributed by atoms with van der Waals surface area (Å²) in [6.45, 7) is 1.13. The summed E-state index contributed by atoms with van der Waals surface area (Å²) in [4.78, 5) is 11.1. The van der Waals surface area contributed by atoms with Crippen molar-refractivity contribution in [2.24, 2.45) is 17.8 Å². The number of carbonyl (C=O) groups excluding carboxylic acids is 1. The van der Waals surface area contributed by atoms with Crippen molar-refractivity contribution in [2.45, 2.75) is 32.2 Å². The number of nitrogens with zero attached hydrogens (tertiary/aromatic N) is 1. The van der Waals surface area contributed by atoms with Gasteiger partial charge in [0.1, 0.15) is 0 Å². The molecule has 0 radical (unpaired) electrons. The van der Waals surface area contributed by atoms with Gasteiger partial charge in [0.25, 0.3) is 0 Å². The highest BCUT2D eigenvalue weighted by molar-refractivity contribution is 5.97. The summed E-state index contributed by atoms with van der Waals surface area (Å²) >= 11 is 0. The fourth-order valence-corrected chi connectivity index (χ4v) is 4.36. The molecule has 1 aromatic carbocycles. The monoisotopic (exact) mass is 253 g/mol. The lowest BCUT2D eigenvalue weighted by molar-refractivity contribution is 0.112. The molecule has 0 aliphatic heterocycles. The molecule has 2 fully saturated rings. The average Bonchev–Trinajstić information content (AvgIpc) is 3.14. The number of hydrogen-bond donors (Lipinski definition) is 0. The molecule has 3 unspecified atom stereocenters. The molecule has 2 nitrogen and oxygen atoms in total. The Balaban J connectivity index is 1.66. The highest BCUT2D eigenvalue weighted by Crippen LogP contribution is 2.49. The predicted molar refractivity (Wildman–Crippen MR) is 76.3 cm³/mol. The Morgan fingerprint density at radius 1 is 1.21 bits per heavy atom. The van der Waals surface area contributed by atoms with Gasteiger partial charge in [0.05, 0.1) is 0 Å². The van der Waals surface area contributed by atoms with Crippen molar-refractivity contribution in [3.8, 4) is 0 Å². The fourth-order valence-electron chi connectivity index (χ4n) is 4.36. The summed E-state index contributed by atoms with van der Waals surface area (Å²) in [5.41, 5.74) is 2.02. The van der Waals surface area contributed by atoms with Gasteiger partial charge in [-0.2, -0.15) is 0 Å². The normalized spacial score (nSPS) is 29.2. The first kappa shape index (κ1) is 11.3. The van der Waals surface area contributed by atoms with Crippen molar-refractivity contribution in [3.05, 3.63) is 36.0 Å². The number of benzene rings is 1. The van der Waals surface area contributed by atoms with Gasteiger partial charge in [-0.25, -0.2) is 0 Å². The molecule has 0 saturated heterocycles. The van der Waals surface area contributed by atoms with Crippen LogP contribution < -0.4 is 0 Å². The van der Waals surface area contributed by atoms with Gasteiger partial charge in [-0.05, 0) is 49.1 Å². The summed E-state index contributed by atoms with van der Waals surface area (Å²) in [5.74, 6) is 2.81. The van der Waals surface area contributed by atoms with E-state index in [0.29, 0.717) is 0 Å². The van der Waals surface area contributed by atoms with Crippen molar-refractivity contribution < 1.29 is 4.79 Å². The molecule has 3 atom stereocenters. The molecule has 0 amide bonds. The number of hydrogen-bond acceptors (Lipinski definition) is 1. The highest BCUT2D eigenvalue weighted by Gasteiger charge is 2.39. The number of aromatic nitrogens is 1. The van der Waals surface area contributed by atoms with Gasteiger partial charge >= 0.3 is 0 Å². The molecule has 4 rings (SSSR count). The van der Waals surface area contributed by atoms with E-state index >= 15 is 0 Å². The molecule has 2 aliphatic rings. The summed E-state index contributed by atoms with van der Waals surface area (Å²) in [5, 5.41) is 1.10. The zero-order valence-electron chi connectivity index (χ0n) is 11.1. The maximum Gasteiger partial charge on any atom is 0.150 e. The minimum atomic E-state index is 0.809. The maximum atomic E-state index is 11.1. The molecule has 2 aromatic rings. The zero-order valence-corrected chi connectivity index (χ0v) is 11.1. The fraction of sp³-hybridized carbons (Fsp3) is 0.471. The van der Waals surface area contributed by atoms with Gasteiger partial charge in [0.15, 0.2) is 6.29 Å². The van der Waals surface area contributed by atoms with Crippen LogP contribution in [0.5, 0.6) is 0 Å². The van der Waals surface area contributed by atoms with Crippen LogP contribution in [0.2, 0.25) is 0 Å². The lowest BCUT2D eigenvalue weighted by Crippen LogP contribution is -2.16. The van der Waals surface area contributed by atoms with Crippen molar-refractivity contribution >= 4 is 17.2 Å². The molecule has 2 bridgehead atoms. The average molecular weight is 253 g/mol. The van der Waals surface area contributed by atoms with Crippen LogP contribution in [-0.2, 0) is 6.54 Å². The third kappa shape index (κ3) is 1.73. The standard InChI is InChI=1S/C17H19NO/c19-11-14-2-1-3-17-16(14)6-7-18(17)10-15-9-12-4-5-13(15)8-12/h1-3,6-7,11-13,15H,4-5,8-10H2. The Morgan fingerprint density at radius 3 is 2.89 bits per heavy atom. The Morgan fingerprint density at radius 2 is 2.16 bits per heavy atom. The van der Waals surface area contributed by atoms with E-state index in [1.54, 1.807) is 0 Å². The quantitative estimate of drug-likeness (QED) is 0.761. The minimum absolute atomic E-state index is 0.809. The lowest BCUT2D eigenvalue weighted by Gasteiger charge is -2.22. The van der Waals surface area contributed by atoms with E-state index in [0.717, 1.165) is 41.5 Å². The van der Waals surface area contributed by atoms with Crippen LogP contribution >= 0.6 is 0 Å². The minimum Gasteiger partial charge on any atom is -0.347 e. The Hall–Kier alpha value is -1.57. The Bertz CT molecular complexity index is 627. The van der Waals surface area contributed by atoms with Crippen LogP contribution in [0.25, 0.3) is 10.9 Å². The van der Waals surface area contributed by atoms with E-state index in [2.05, 4.69) is 22.9 Å². The molecule has 2 aliphatic carbocycles. The zero-order chi connectivity index (χ0) is 12.8. The molecule has 19 heavy (non-hydrogen) atoms. The number of carbonyl (C=O) groups is 1. The molecule has 1 aromatic heterocycles. The summed E-state index contributed by atoms with van der Waals surface area (Å²) in [7, 11) is 0. The van der Waals surface area contributed by atoms with Gasteiger partial charge in [0.2, 0.25) is 0 Å². The highest BCUT2D eigenvalue weighted by atomic mass is 16.1. The van der Waals surface area contributed by atoms with Crippen LogP contribution in [0.3, 0.4) is 0 Å². The van der Waals surface area contributed by atoms with E-state index in [1.807, 2.05) is 12.1 Å². The third-order valence-corrected chi connectivity index (χ3v) is 5.29. The van der Waals surface area contributed by atoms with Crippen LogP contribution in [0.1, 0.15) is 36.0 Å². The van der Waals surface area contributed by atoms with Gasteiger partial charge in [-0.1, -0.05) is 18.6 Å². The van der Waals surface area contributed by atoms with Crippen molar-refractivity contribution in [2.75, 3.05) is 0 Å². The maximum absolute atomic E-state index is 11.1. The lowest BCUT2D eigenvalue weighted by atomic mass is 9.89. The summed E-state index contributed by atoms with van der Waals surface area (Å²) < 4.78 is 2.35. The molecule has 2 heteroatoms. The molecule has 2 saturated carbocycles. The van der Waals surface area contributed by atoms with E-state index in [9.17, 15) is 4.79 Å².